The van der Waals surface area contributed by atoms with Gasteiger partial charge in [0.25, 0.3) is 5.91 Å². The lowest BCUT2D eigenvalue weighted by Gasteiger charge is -2.29. The van der Waals surface area contributed by atoms with Crippen LogP contribution in [-0.4, -0.2) is 35.0 Å². The summed E-state index contributed by atoms with van der Waals surface area (Å²) in [4.78, 5) is 31.2. The maximum absolute atomic E-state index is 12.3. The van der Waals surface area contributed by atoms with Crippen LogP contribution in [0.1, 0.15) is 31.1 Å². The van der Waals surface area contributed by atoms with Crippen molar-refractivity contribution in [1.82, 2.24) is 15.3 Å². The molecule has 1 atom stereocenters. The largest absolute Gasteiger partial charge is 0.467 e. The Labute approximate surface area is 122 Å². The van der Waals surface area contributed by atoms with Crippen molar-refractivity contribution in [2.45, 2.75) is 26.8 Å². The molecule has 0 radical (unpaired) electrons. The summed E-state index contributed by atoms with van der Waals surface area (Å²) in [6, 6.07) is 4.42. The highest BCUT2D eigenvalue weighted by molar-refractivity contribution is 5.99. The van der Waals surface area contributed by atoms with Crippen LogP contribution in [0, 0.1) is 5.41 Å². The Morgan fingerprint density at radius 1 is 1.33 bits per heavy atom. The number of carbonyl (C=O) groups excluding carboxylic acids is 2. The molecule has 0 bridgehead atoms. The zero-order valence-corrected chi connectivity index (χ0v) is 12.6. The van der Waals surface area contributed by atoms with Crippen LogP contribution < -0.4 is 5.32 Å². The number of ether oxygens (including phenoxy) is 1. The van der Waals surface area contributed by atoms with Gasteiger partial charge in [0.2, 0.25) is 0 Å². The Balaban J connectivity index is 2.23. The first-order chi connectivity index (χ1) is 9.82. The molecule has 1 aromatic heterocycles. The van der Waals surface area contributed by atoms with Gasteiger partial charge in [-0.1, -0.05) is 20.8 Å². The zero-order valence-electron chi connectivity index (χ0n) is 12.6. The SMILES string of the molecule is COC(=O)[C@@H](NC(=O)c1ccc2nc[nH]c2c1)C(C)(C)C. The molecule has 1 heterocycles. The lowest BCUT2D eigenvalue weighted by molar-refractivity contribution is -0.145. The number of benzene rings is 1. The summed E-state index contributed by atoms with van der Waals surface area (Å²) < 4.78 is 4.76. The van der Waals surface area contributed by atoms with Crippen molar-refractivity contribution in [2.24, 2.45) is 5.41 Å². The van der Waals surface area contributed by atoms with E-state index >= 15 is 0 Å². The Bertz CT molecular complexity index is 670. The molecular formula is C15H19N3O3. The Kier molecular flexibility index (Phi) is 3.97. The minimum Gasteiger partial charge on any atom is -0.467 e. The number of methoxy groups -OCH3 is 1. The van der Waals surface area contributed by atoms with Gasteiger partial charge in [0.15, 0.2) is 0 Å². The molecule has 6 nitrogen and oxygen atoms in total. The summed E-state index contributed by atoms with van der Waals surface area (Å²) in [5.41, 5.74) is 1.57. The summed E-state index contributed by atoms with van der Waals surface area (Å²) in [5.74, 6) is -0.782. The van der Waals surface area contributed by atoms with Crippen LogP contribution in [0.2, 0.25) is 0 Å². The predicted octanol–water partition coefficient (Wildman–Crippen LogP) is 1.88. The van der Waals surface area contributed by atoms with Gasteiger partial charge < -0.3 is 15.0 Å². The molecule has 0 spiro atoms. The molecule has 2 rings (SSSR count). The number of nitrogens with zero attached hydrogens (tertiary/aromatic N) is 1. The lowest BCUT2D eigenvalue weighted by Crippen LogP contribution is -2.49. The lowest BCUT2D eigenvalue weighted by atomic mass is 9.86. The monoisotopic (exact) mass is 289 g/mol. The molecule has 112 valence electrons. The maximum Gasteiger partial charge on any atom is 0.328 e. The number of aromatic nitrogens is 2. The number of esters is 1. The van der Waals surface area contributed by atoms with Crippen LogP contribution in [0.5, 0.6) is 0 Å². The number of carbonyl (C=O) groups is 2. The molecule has 6 heteroatoms. The van der Waals surface area contributed by atoms with Crippen molar-refractivity contribution in [1.29, 1.82) is 0 Å². The summed E-state index contributed by atoms with van der Waals surface area (Å²) in [5, 5.41) is 2.73. The predicted molar refractivity (Wildman–Crippen MR) is 78.8 cm³/mol. The maximum atomic E-state index is 12.3. The van der Waals surface area contributed by atoms with Crippen LogP contribution in [-0.2, 0) is 9.53 Å². The first-order valence-electron chi connectivity index (χ1n) is 6.65. The highest BCUT2D eigenvalue weighted by atomic mass is 16.5. The van der Waals surface area contributed by atoms with Crippen molar-refractivity contribution in [3.05, 3.63) is 30.1 Å². The number of aromatic amines is 1. The second-order valence-electron chi connectivity index (χ2n) is 5.93. The van der Waals surface area contributed by atoms with Crippen LogP contribution >= 0.6 is 0 Å². The summed E-state index contributed by atoms with van der Waals surface area (Å²) in [6.07, 6.45) is 1.57. The van der Waals surface area contributed by atoms with Crippen LogP contribution in [0.25, 0.3) is 11.0 Å². The number of amides is 1. The van der Waals surface area contributed by atoms with Gasteiger partial charge >= 0.3 is 5.97 Å². The minimum absolute atomic E-state index is 0.322. The molecule has 21 heavy (non-hydrogen) atoms. The number of nitrogens with one attached hydrogen (secondary N) is 2. The van der Waals surface area contributed by atoms with E-state index in [0.717, 1.165) is 11.0 Å². The van der Waals surface area contributed by atoms with Gasteiger partial charge in [0.05, 0.1) is 24.5 Å². The summed E-state index contributed by atoms with van der Waals surface area (Å²) in [6.45, 7) is 5.60. The molecule has 0 fully saturated rings. The Morgan fingerprint density at radius 3 is 2.67 bits per heavy atom. The van der Waals surface area contributed by atoms with Crippen molar-refractivity contribution >= 4 is 22.9 Å². The number of hydrogen-bond acceptors (Lipinski definition) is 4. The van der Waals surface area contributed by atoms with Crippen LogP contribution in [0.4, 0.5) is 0 Å². The number of imidazole rings is 1. The van der Waals surface area contributed by atoms with Gasteiger partial charge in [-0.25, -0.2) is 9.78 Å². The summed E-state index contributed by atoms with van der Waals surface area (Å²) in [7, 11) is 1.31. The smallest absolute Gasteiger partial charge is 0.328 e. The zero-order chi connectivity index (χ0) is 15.6. The third kappa shape index (κ3) is 3.21. The molecule has 0 aliphatic heterocycles. The minimum atomic E-state index is -0.715. The Morgan fingerprint density at radius 2 is 2.05 bits per heavy atom. The average molecular weight is 289 g/mol. The van der Waals surface area contributed by atoms with Gasteiger partial charge in [-0.05, 0) is 23.6 Å². The molecule has 0 saturated heterocycles. The third-order valence-corrected chi connectivity index (χ3v) is 3.26. The second kappa shape index (κ2) is 5.55. The van der Waals surface area contributed by atoms with Crippen LogP contribution in [0.15, 0.2) is 24.5 Å². The van der Waals surface area contributed by atoms with Crippen molar-refractivity contribution in [3.63, 3.8) is 0 Å². The molecule has 0 aliphatic rings. The van der Waals surface area contributed by atoms with E-state index in [1.165, 1.54) is 7.11 Å². The molecule has 1 amide bonds. The number of hydrogen-bond donors (Lipinski definition) is 2. The first kappa shape index (κ1) is 15.0. The molecule has 1 aromatic carbocycles. The van der Waals surface area contributed by atoms with Crippen LogP contribution in [0.3, 0.4) is 0 Å². The third-order valence-electron chi connectivity index (χ3n) is 3.26. The van der Waals surface area contributed by atoms with Gasteiger partial charge in [-0.15, -0.1) is 0 Å². The fourth-order valence-electron chi connectivity index (χ4n) is 2.04. The average Bonchev–Trinajstić information content (AvgIpc) is 2.89. The summed E-state index contributed by atoms with van der Waals surface area (Å²) >= 11 is 0. The normalized spacial score (nSPS) is 13.0. The number of H-pyrrole nitrogens is 1. The van der Waals surface area contributed by atoms with Crippen molar-refractivity contribution < 1.29 is 14.3 Å². The van der Waals surface area contributed by atoms with Gasteiger partial charge in [0, 0.05) is 5.56 Å². The van der Waals surface area contributed by atoms with Gasteiger partial charge in [-0.2, -0.15) is 0 Å². The van der Waals surface area contributed by atoms with E-state index < -0.39 is 17.4 Å². The van der Waals surface area contributed by atoms with Crippen molar-refractivity contribution in [2.75, 3.05) is 7.11 Å². The molecule has 0 saturated carbocycles. The molecule has 0 unspecified atom stereocenters. The number of rotatable bonds is 3. The molecule has 0 aliphatic carbocycles. The topological polar surface area (TPSA) is 84.1 Å². The fourth-order valence-corrected chi connectivity index (χ4v) is 2.04. The quantitative estimate of drug-likeness (QED) is 0.845. The first-order valence-corrected chi connectivity index (χ1v) is 6.65. The van der Waals surface area contributed by atoms with Gasteiger partial charge in [0.1, 0.15) is 6.04 Å². The molecular weight excluding hydrogens is 270 g/mol. The molecule has 2 aromatic rings. The fraction of sp³-hybridized carbons (Fsp3) is 0.400. The highest BCUT2D eigenvalue weighted by Gasteiger charge is 2.33. The van der Waals surface area contributed by atoms with E-state index in [9.17, 15) is 9.59 Å². The molecule has 2 N–H and O–H groups in total. The van der Waals surface area contributed by atoms with E-state index in [0.29, 0.717) is 5.56 Å². The van der Waals surface area contributed by atoms with E-state index in [2.05, 4.69) is 15.3 Å². The van der Waals surface area contributed by atoms with E-state index in [4.69, 9.17) is 4.74 Å². The van der Waals surface area contributed by atoms with E-state index in [1.807, 2.05) is 20.8 Å². The van der Waals surface area contributed by atoms with Gasteiger partial charge in [-0.3, -0.25) is 4.79 Å². The van der Waals surface area contributed by atoms with E-state index in [1.54, 1.807) is 24.5 Å². The number of fused-ring (bicyclic) bond motifs is 1. The highest BCUT2D eigenvalue weighted by Crippen LogP contribution is 2.21. The Hall–Kier alpha value is -2.37. The standard InChI is InChI=1S/C15H19N3O3/c1-15(2,3)12(14(20)21-4)18-13(19)9-5-6-10-11(7-9)17-8-16-10/h5-8,12H,1-4H3,(H,16,17)(H,18,19)/t12-/m1/s1. The van der Waals surface area contributed by atoms with E-state index in [-0.39, 0.29) is 5.91 Å². The van der Waals surface area contributed by atoms with Crippen molar-refractivity contribution in [3.8, 4) is 0 Å². The second-order valence-corrected chi connectivity index (χ2v) is 5.93.